The van der Waals surface area contributed by atoms with Crippen LogP contribution >= 0.6 is 0 Å². The van der Waals surface area contributed by atoms with Crippen LogP contribution in [0.25, 0.3) is 5.70 Å². The molecule has 0 atom stereocenters. The van der Waals surface area contributed by atoms with Gasteiger partial charge in [0.25, 0.3) is 0 Å². The highest BCUT2D eigenvalue weighted by molar-refractivity contribution is 5.67. The van der Waals surface area contributed by atoms with Gasteiger partial charge in [-0.3, -0.25) is 4.98 Å². The van der Waals surface area contributed by atoms with Gasteiger partial charge in [0.2, 0.25) is 0 Å². The van der Waals surface area contributed by atoms with Crippen LogP contribution in [0.1, 0.15) is 18.5 Å². The topological polar surface area (TPSA) is 77.7 Å². The second-order valence-electron chi connectivity index (χ2n) is 5.45. The number of carbonyl (C=O) groups is 1. The van der Waals surface area contributed by atoms with Crippen molar-refractivity contribution in [1.29, 1.82) is 0 Å². The normalized spacial score (nSPS) is 16.0. The van der Waals surface area contributed by atoms with Gasteiger partial charge in [-0.25, -0.2) is 4.79 Å². The van der Waals surface area contributed by atoms with Gasteiger partial charge in [-0.2, -0.15) is 0 Å². The Morgan fingerprint density at radius 3 is 2.78 bits per heavy atom. The van der Waals surface area contributed by atoms with Crippen LogP contribution in [-0.2, 0) is 4.74 Å². The summed E-state index contributed by atoms with van der Waals surface area (Å²) in [6.07, 6.45) is 6.57. The average molecular weight is 317 g/mol. The van der Waals surface area contributed by atoms with E-state index >= 15 is 0 Å². The number of ether oxygens (including phenoxy) is 2. The Morgan fingerprint density at radius 1 is 1.48 bits per heavy atom. The number of rotatable bonds is 5. The fraction of sp³-hybridized carbons (Fsp3) is 0.412. The maximum atomic E-state index is 11.4. The van der Waals surface area contributed by atoms with Gasteiger partial charge in [0, 0.05) is 13.1 Å². The third-order valence-corrected chi connectivity index (χ3v) is 3.86. The summed E-state index contributed by atoms with van der Waals surface area (Å²) in [6.45, 7) is 5.64. The predicted molar refractivity (Wildman–Crippen MR) is 88.8 cm³/mol. The first-order valence-corrected chi connectivity index (χ1v) is 7.64. The van der Waals surface area contributed by atoms with E-state index in [9.17, 15) is 4.79 Å². The third-order valence-electron chi connectivity index (χ3n) is 3.86. The Balaban J connectivity index is 1.80. The van der Waals surface area contributed by atoms with Crippen molar-refractivity contribution in [3.63, 3.8) is 0 Å². The molecule has 6 heteroatoms. The van der Waals surface area contributed by atoms with Crippen LogP contribution in [0, 0.1) is 5.92 Å². The highest BCUT2D eigenvalue weighted by atomic mass is 16.5. The van der Waals surface area contributed by atoms with Gasteiger partial charge in [0.1, 0.15) is 5.75 Å². The van der Waals surface area contributed by atoms with Crippen molar-refractivity contribution in [3.05, 3.63) is 42.8 Å². The number of carbonyl (C=O) groups excluding carboxylic acids is 1. The Hall–Kier alpha value is -2.50. The lowest BCUT2D eigenvalue weighted by Crippen LogP contribution is -2.39. The zero-order valence-corrected chi connectivity index (χ0v) is 13.4. The van der Waals surface area contributed by atoms with Gasteiger partial charge in [0.15, 0.2) is 0 Å². The molecular weight excluding hydrogens is 294 g/mol. The number of hydrogen-bond acceptors (Lipinski definition) is 5. The first-order valence-electron chi connectivity index (χ1n) is 7.64. The number of likely N-dealkylation sites (tertiary alicyclic amines) is 1. The highest BCUT2D eigenvalue weighted by Gasteiger charge is 2.23. The van der Waals surface area contributed by atoms with Crippen LogP contribution < -0.4 is 10.5 Å². The molecule has 0 bridgehead atoms. The van der Waals surface area contributed by atoms with Crippen LogP contribution in [0.5, 0.6) is 5.75 Å². The van der Waals surface area contributed by atoms with Crippen LogP contribution in [0.4, 0.5) is 4.79 Å². The van der Waals surface area contributed by atoms with E-state index in [-0.39, 0.29) is 6.09 Å². The molecule has 1 saturated heterocycles. The number of amides is 1. The Morgan fingerprint density at radius 2 is 2.22 bits per heavy atom. The maximum Gasteiger partial charge on any atom is 0.409 e. The Bertz CT molecular complexity index is 561. The monoisotopic (exact) mass is 317 g/mol. The van der Waals surface area contributed by atoms with Crippen molar-refractivity contribution in [3.8, 4) is 5.75 Å². The number of allylic oxidation sites excluding steroid dienone is 2. The maximum absolute atomic E-state index is 11.4. The number of piperidine rings is 1. The molecule has 0 spiro atoms. The summed E-state index contributed by atoms with van der Waals surface area (Å²) < 4.78 is 10.5. The molecule has 2 heterocycles. The predicted octanol–water partition coefficient (Wildman–Crippen LogP) is 2.42. The summed E-state index contributed by atoms with van der Waals surface area (Å²) >= 11 is 0. The summed E-state index contributed by atoms with van der Waals surface area (Å²) in [5, 5.41) is 0. The van der Waals surface area contributed by atoms with Crippen LogP contribution in [0.15, 0.2) is 37.1 Å². The zero-order chi connectivity index (χ0) is 16.7. The molecule has 0 saturated carbocycles. The summed E-state index contributed by atoms with van der Waals surface area (Å²) in [5.74, 6) is 1.15. The second-order valence-corrected chi connectivity index (χ2v) is 5.45. The van der Waals surface area contributed by atoms with Crippen molar-refractivity contribution in [1.82, 2.24) is 9.88 Å². The van der Waals surface area contributed by atoms with E-state index in [1.165, 1.54) is 7.11 Å². The summed E-state index contributed by atoms with van der Waals surface area (Å²) in [7, 11) is 1.41. The second kappa shape index (κ2) is 8.22. The first-order chi connectivity index (χ1) is 11.1. The van der Waals surface area contributed by atoms with Gasteiger partial charge in [-0.1, -0.05) is 12.7 Å². The Kier molecular flexibility index (Phi) is 6.02. The molecule has 1 aromatic rings. The zero-order valence-electron chi connectivity index (χ0n) is 13.4. The molecule has 0 aliphatic carbocycles. The van der Waals surface area contributed by atoms with Gasteiger partial charge in [-0.15, -0.1) is 0 Å². The van der Waals surface area contributed by atoms with Crippen molar-refractivity contribution in [2.75, 3.05) is 26.8 Å². The molecule has 1 aliphatic heterocycles. The van der Waals surface area contributed by atoms with Crippen molar-refractivity contribution in [2.45, 2.75) is 12.8 Å². The van der Waals surface area contributed by atoms with E-state index in [0.29, 0.717) is 37.0 Å². The lowest BCUT2D eigenvalue weighted by Gasteiger charge is -2.30. The van der Waals surface area contributed by atoms with Gasteiger partial charge in [0.05, 0.1) is 31.3 Å². The van der Waals surface area contributed by atoms with Crippen molar-refractivity contribution < 1.29 is 14.3 Å². The van der Waals surface area contributed by atoms with Crippen molar-refractivity contribution >= 4 is 11.8 Å². The first kappa shape index (κ1) is 16.9. The minimum Gasteiger partial charge on any atom is -0.492 e. The van der Waals surface area contributed by atoms with Gasteiger partial charge >= 0.3 is 6.09 Å². The number of aromatic nitrogens is 1. The lowest BCUT2D eigenvalue weighted by molar-refractivity contribution is 0.0964. The third kappa shape index (κ3) is 4.74. The van der Waals surface area contributed by atoms with E-state index in [2.05, 4.69) is 11.6 Å². The fourth-order valence-corrected chi connectivity index (χ4v) is 2.47. The molecule has 2 N–H and O–H groups in total. The fourth-order valence-electron chi connectivity index (χ4n) is 2.47. The molecule has 124 valence electrons. The SMILES string of the molecule is C=C/C=C(\N)c1ccc(OCC2CCN(C(=O)OC)CC2)cn1. The number of hydrogen-bond donors (Lipinski definition) is 1. The molecule has 23 heavy (non-hydrogen) atoms. The van der Waals surface area contributed by atoms with Crippen LogP contribution in [-0.4, -0.2) is 42.8 Å². The van der Waals surface area contributed by atoms with E-state index in [4.69, 9.17) is 15.2 Å². The van der Waals surface area contributed by atoms with Crippen molar-refractivity contribution in [2.24, 2.45) is 11.7 Å². The van der Waals surface area contributed by atoms with Crippen LogP contribution in [0.3, 0.4) is 0 Å². The minimum atomic E-state index is -0.255. The standard InChI is InChI=1S/C17H23N3O3/c1-3-4-15(18)16-6-5-14(11-19-16)23-12-13-7-9-20(10-8-13)17(21)22-2/h3-6,11,13H,1,7-10,12,18H2,2H3/b15-4-. The lowest BCUT2D eigenvalue weighted by atomic mass is 9.98. The van der Waals surface area contributed by atoms with E-state index < -0.39 is 0 Å². The average Bonchev–Trinajstić information content (AvgIpc) is 2.60. The number of methoxy groups -OCH3 is 1. The quantitative estimate of drug-likeness (QED) is 0.844. The Labute approximate surface area is 136 Å². The molecule has 0 unspecified atom stereocenters. The molecule has 1 fully saturated rings. The van der Waals surface area contributed by atoms with E-state index in [0.717, 1.165) is 18.6 Å². The molecule has 0 aromatic carbocycles. The molecular formula is C17H23N3O3. The molecule has 2 rings (SSSR count). The molecule has 1 amide bonds. The molecule has 0 radical (unpaired) electrons. The smallest absolute Gasteiger partial charge is 0.409 e. The number of nitrogens with zero attached hydrogens (tertiary/aromatic N) is 2. The molecule has 1 aromatic heterocycles. The molecule has 1 aliphatic rings. The van der Waals surface area contributed by atoms with Crippen LogP contribution in [0.2, 0.25) is 0 Å². The number of nitrogens with two attached hydrogens (primary N) is 1. The van der Waals surface area contributed by atoms with E-state index in [1.807, 2.05) is 12.1 Å². The minimum absolute atomic E-state index is 0.255. The van der Waals surface area contributed by atoms with Gasteiger partial charge in [-0.05, 0) is 37.0 Å². The largest absolute Gasteiger partial charge is 0.492 e. The summed E-state index contributed by atoms with van der Waals surface area (Å²) in [5.41, 5.74) is 7.11. The number of pyridine rings is 1. The summed E-state index contributed by atoms with van der Waals surface area (Å²) in [4.78, 5) is 17.4. The highest BCUT2D eigenvalue weighted by Crippen LogP contribution is 2.20. The van der Waals surface area contributed by atoms with Gasteiger partial charge < -0.3 is 20.1 Å². The summed E-state index contributed by atoms with van der Waals surface area (Å²) in [6, 6.07) is 3.68. The van der Waals surface area contributed by atoms with E-state index in [1.54, 1.807) is 23.2 Å². The molecule has 6 nitrogen and oxygen atoms in total.